The highest BCUT2D eigenvalue weighted by atomic mass is 32.1. The number of nitrogens with zero attached hydrogens (tertiary/aromatic N) is 4. The second kappa shape index (κ2) is 5.69. The topological polar surface area (TPSA) is 87.5 Å². The van der Waals surface area contributed by atoms with Crippen LogP contribution in [0.15, 0.2) is 29.4 Å². The van der Waals surface area contributed by atoms with Gasteiger partial charge in [-0.25, -0.2) is 0 Å². The average Bonchev–Trinajstić information content (AvgIpc) is 2.96. The monoisotopic (exact) mass is 331 g/mol. The molecule has 2 amide bonds. The molecule has 2 aliphatic heterocycles. The van der Waals surface area contributed by atoms with Crippen molar-refractivity contribution < 1.29 is 9.59 Å². The summed E-state index contributed by atoms with van der Waals surface area (Å²) < 4.78 is 0. The van der Waals surface area contributed by atoms with Crippen molar-refractivity contribution in [2.45, 2.75) is 38.6 Å². The van der Waals surface area contributed by atoms with Gasteiger partial charge >= 0.3 is 0 Å². The Labute approximate surface area is 137 Å². The lowest BCUT2D eigenvalue weighted by molar-refractivity contribution is -0.130. The van der Waals surface area contributed by atoms with E-state index in [9.17, 15) is 9.59 Å². The predicted molar refractivity (Wildman–Crippen MR) is 88.2 cm³/mol. The van der Waals surface area contributed by atoms with Gasteiger partial charge in [-0.15, -0.1) is 10.2 Å². The fourth-order valence-electron chi connectivity index (χ4n) is 2.43. The van der Waals surface area contributed by atoms with E-state index in [0.717, 1.165) is 5.01 Å². The van der Waals surface area contributed by atoms with Gasteiger partial charge < -0.3 is 4.90 Å². The molecule has 1 N–H and O–H groups in total. The van der Waals surface area contributed by atoms with E-state index in [4.69, 9.17) is 0 Å². The third kappa shape index (κ3) is 2.81. The van der Waals surface area contributed by atoms with E-state index < -0.39 is 5.54 Å². The van der Waals surface area contributed by atoms with E-state index in [1.54, 1.807) is 30.2 Å². The second-order valence-corrected chi connectivity index (χ2v) is 6.95. The van der Waals surface area contributed by atoms with Gasteiger partial charge in [-0.1, -0.05) is 31.3 Å². The minimum absolute atomic E-state index is 0.0103. The Kier molecular flexibility index (Phi) is 3.85. The number of amides is 2. The first kappa shape index (κ1) is 15.5. The smallest absolute Gasteiger partial charge is 0.252 e. The summed E-state index contributed by atoms with van der Waals surface area (Å²) in [5.41, 5.74) is -1.04. The molecule has 1 aromatic rings. The van der Waals surface area contributed by atoms with Gasteiger partial charge in [0.1, 0.15) is 16.4 Å². The Bertz CT molecular complexity index is 749. The summed E-state index contributed by atoms with van der Waals surface area (Å²) in [6, 6.07) is 0. The molecule has 0 fully saturated rings. The molecule has 23 heavy (non-hydrogen) atoms. The number of rotatable bonds is 3. The Morgan fingerprint density at radius 2 is 2.17 bits per heavy atom. The predicted octanol–water partition coefficient (Wildman–Crippen LogP) is 2.07. The number of nitrogens with one attached hydrogen (secondary N) is 1. The van der Waals surface area contributed by atoms with E-state index in [0.29, 0.717) is 11.0 Å². The van der Waals surface area contributed by atoms with E-state index in [1.165, 1.54) is 11.3 Å². The SMILES string of the molecule is CC(C)c1nnc(NC(=O)C2(C)CC(=O)N=C3C=CC=CN32)s1. The molecule has 120 valence electrons. The summed E-state index contributed by atoms with van der Waals surface area (Å²) in [7, 11) is 0. The maximum atomic E-state index is 12.8. The van der Waals surface area contributed by atoms with Crippen molar-refractivity contribution in [3.8, 4) is 0 Å². The Morgan fingerprint density at radius 1 is 1.39 bits per heavy atom. The molecule has 0 aliphatic carbocycles. The van der Waals surface area contributed by atoms with Gasteiger partial charge in [0, 0.05) is 12.1 Å². The maximum Gasteiger partial charge on any atom is 0.252 e. The summed E-state index contributed by atoms with van der Waals surface area (Å²) in [4.78, 5) is 30.4. The number of carbonyl (C=O) groups is 2. The molecule has 8 heteroatoms. The molecule has 1 aromatic heterocycles. The van der Waals surface area contributed by atoms with E-state index in [2.05, 4.69) is 20.5 Å². The van der Waals surface area contributed by atoms with Crippen LogP contribution in [0.5, 0.6) is 0 Å². The number of hydrogen-bond acceptors (Lipinski definition) is 6. The lowest BCUT2D eigenvalue weighted by Gasteiger charge is -2.41. The highest BCUT2D eigenvalue weighted by Crippen LogP contribution is 2.30. The molecule has 3 heterocycles. The Hall–Kier alpha value is -2.35. The highest BCUT2D eigenvalue weighted by molar-refractivity contribution is 7.15. The third-order valence-electron chi connectivity index (χ3n) is 3.75. The van der Waals surface area contributed by atoms with Gasteiger partial charge in [-0.2, -0.15) is 4.99 Å². The number of anilines is 1. The first-order chi connectivity index (χ1) is 10.9. The van der Waals surface area contributed by atoms with Gasteiger partial charge in [-0.3, -0.25) is 14.9 Å². The number of carbonyl (C=O) groups excluding carboxylic acids is 2. The Morgan fingerprint density at radius 3 is 2.87 bits per heavy atom. The van der Waals surface area contributed by atoms with Crippen molar-refractivity contribution >= 4 is 34.1 Å². The molecule has 1 atom stereocenters. The van der Waals surface area contributed by atoms with E-state index >= 15 is 0 Å². The van der Waals surface area contributed by atoms with Gasteiger partial charge in [0.2, 0.25) is 5.13 Å². The van der Waals surface area contributed by atoms with Crippen molar-refractivity contribution in [1.82, 2.24) is 15.1 Å². The van der Waals surface area contributed by atoms with Crippen molar-refractivity contribution in [1.29, 1.82) is 0 Å². The molecule has 2 aliphatic rings. The normalized spacial score (nSPS) is 23.0. The summed E-state index contributed by atoms with van der Waals surface area (Å²) in [6.45, 7) is 5.75. The van der Waals surface area contributed by atoms with Crippen LogP contribution in [-0.2, 0) is 9.59 Å². The van der Waals surface area contributed by atoms with E-state index in [1.807, 2.05) is 19.9 Å². The average molecular weight is 331 g/mol. The van der Waals surface area contributed by atoms with Crippen LogP contribution >= 0.6 is 11.3 Å². The zero-order valence-corrected chi connectivity index (χ0v) is 13.9. The molecule has 0 saturated carbocycles. The number of aromatic nitrogens is 2. The van der Waals surface area contributed by atoms with Crippen molar-refractivity contribution in [2.24, 2.45) is 4.99 Å². The van der Waals surface area contributed by atoms with Crippen LogP contribution in [0.4, 0.5) is 5.13 Å². The fraction of sp³-hybridized carbons (Fsp3) is 0.400. The number of aliphatic imine (C=N–C) groups is 1. The number of hydrogen-bond donors (Lipinski definition) is 1. The molecule has 0 radical (unpaired) electrons. The van der Waals surface area contributed by atoms with Crippen LogP contribution < -0.4 is 5.32 Å². The van der Waals surface area contributed by atoms with Crippen LogP contribution in [0.2, 0.25) is 0 Å². The zero-order valence-electron chi connectivity index (χ0n) is 13.1. The molecule has 0 saturated heterocycles. The summed E-state index contributed by atoms with van der Waals surface area (Å²) in [5, 5.41) is 12.1. The van der Waals surface area contributed by atoms with Crippen LogP contribution in [0.25, 0.3) is 0 Å². The standard InChI is InChI=1S/C15H17N5O2S/c1-9(2)12-18-19-14(23-12)17-13(22)15(3)8-11(21)16-10-6-4-5-7-20(10)15/h4-7,9H,8H2,1-3H3,(H,17,19,22). The summed E-state index contributed by atoms with van der Waals surface area (Å²) in [5.74, 6) is 0.110. The lowest BCUT2D eigenvalue weighted by atomic mass is 9.91. The molecule has 7 nitrogen and oxygen atoms in total. The molecule has 3 rings (SSSR count). The molecule has 1 unspecified atom stereocenters. The zero-order chi connectivity index (χ0) is 16.6. The molecule has 0 spiro atoms. The first-order valence-corrected chi connectivity index (χ1v) is 8.12. The lowest BCUT2D eigenvalue weighted by Crippen LogP contribution is -2.58. The van der Waals surface area contributed by atoms with Crippen molar-refractivity contribution in [3.63, 3.8) is 0 Å². The van der Waals surface area contributed by atoms with E-state index in [-0.39, 0.29) is 24.2 Å². The van der Waals surface area contributed by atoms with Crippen LogP contribution in [0.3, 0.4) is 0 Å². The van der Waals surface area contributed by atoms with Gasteiger partial charge in [0.15, 0.2) is 0 Å². The van der Waals surface area contributed by atoms with Gasteiger partial charge in [0.25, 0.3) is 11.8 Å². The number of fused-ring (bicyclic) bond motifs is 1. The first-order valence-electron chi connectivity index (χ1n) is 7.31. The van der Waals surface area contributed by atoms with Crippen LogP contribution in [0, 0.1) is 0 Å². The highest BCUT2D eigenvalue weighted by Gasteiger charge is 2.45. The van der Waals surface area contributed by atoms with Gasteiger partial charge in [-0.05, 0) is 19.1 Å². The van der Waals surface area contributed by atoms with Crippen LogP contribution in [-0.4, -0.2) is 38.3 Å². The second-order valence-electron chi connectivity index (χ2n) is 5.94. The van der Waals surface area contributed by atoms with Crippen molar-refractivity contribution in [2.75, 3.05) is 5.32 Å². The number of amidine groups is 1. The fourth-order valence-corrected chi connectivity index (χ4v) is 3.17. The molecule has 0 bridgehead atoms. The minimum atomic E-state index is -1.04. The molecular formula is C15H17N5O2S. The van der Waals surface area contributed by atoms with Gasteiger partial charge in [0.05, 0.1) is 6.42 Å². The number of allylic oxidation sites excluding steroid dienone is 2. The third-order valence-corrected chi connectivity index (χ3v) is 4.89. The quantitative estimate of drug-likeness (QED) is 0.916. The van der Waals surface area contributed by atoms with Crippen molar-refractivity contribution in [3.05, 3.63) is 29.4 Å². The van der Waals surface area contributed by atoms with Crippen LogP contribution in [0.1, 0.15) is 38.1 Å². The maximum absolute atomic E-state index is 12.8. The molecular weight excluding hydrogens is 314 g/mol. The Balaban J connectivity index is 1.85. The summed E-state index contributed by atoms with van der Waals surface area (Å²) >= 11 is 1.34. The largest absolute Gasteiger partial charge is 0.317 e. The molecule has 0 aromatic carbocycles. The summed E-state index contributed by atoms with van der Waals surface area (Å²) in [6.07, 6.45) is 7.07. The minimum Gasteiger partial charge on any atom is -0.317 e.